The maximum atomic E-state index is 12.0. The average Bonchev–Trinajstić information content (AvgIpc) is 2.70. The van der Waals surface area contributed by atoms with Crippen LogP contribution < -0.4 is 4.72 Å². The lowest BCUT2D eigenvalue weighted by Gasteiger charge is -2.20. The molecule has 0 bridgehead atoms. The minimum atomic E-state index is -3.58. The van der Waals surface area contributed by atoms with Crippen LogP contribution in [0.25, 0.3) is 0 Å². The number of aliphatic hydroxyl groups is 1. The molecule has 1 aromatic heterocycles. The Morgan fingerprint density at radius 3 is 2.42 bits per heavy atom. The number of hydrogen-bond acceptors (Lipinski definition) is 4. The second kappa shape index (κ2) is 7.04. The molecule has 2 N–H and O–H groups in total. The van der Waals surface area contributed by atoms with E-state index in [0.29, 0.717) is 4.34 Å². The maximum Gasteiger partial charge on any atom is 0.250 e. The summed E-state index contributed by atoms with van der Waals surface area (Å²) in [5, 5.41) is 9.93. The summed E-state index contributed by atoms with van der Waals surface area (Å²) >= 11 is 6.90. The molecule has 4 nitrogen and oxygen atoms in total. The predicted molar refractivity (Wildman–Crippen MR) is 79.3 cm³/mol. The fourth-order valence-electron chi connectivity index (χ4n) is 1.83. The van der Waals surface area contributed by atoms with E-state index in [1.54, 1.807) is 13.0 Å². The standard InChI is InChI=1S/C12H20ClNO3S2/c1-4-9(5-2)10(15)7-14-19(16,17)11-6-8(3)12(13)18-11/h6,9-10,14-15H,4-5,7H2,1-3H3. The first-order chi connectivity index (χ1) is 8.81. The largest absolute Gasteiger partial charge is 0.391 e. The first kappa shape index (κ1) is 16.9. The Bertz CT molecular complexity index is 490. The molecule has 0 radical (unpaired) electrons. The van der Waals surface area contributed by atoms with Crippen molar-refractivity contribution in [1.82, 2.24) is 4.72 Å². The molecule has 0 saturated heterocycles. The van der Waals surface area contributed by atoms with Crippen LogP contribution in [0.4, 0.5) is 0 Å². The van der Waals surface area contributed by atoms with E-state index in [0.717, 1.165) is 29.7 Å². The van der Waals surface area contributed by atoms with E-state index in [9.17, 15) is 13.5 Å². The van der Waals surface area contributed by atoms with E-state index < -0.39 is 16.1 Å². The van der Waals surface area contributed by atoms with Crippen molar-refractivity contribution in [2.24, 2.45) is 5.92 Å². The molecule has 1 rings (SSSR count). The third-order valence-corrected chi connectivity index (χ3v) is 6.63. The molecule has 0 saturated carbocycles. The number of aryl methyl sites for hydroxylation is 1. The number of thiophene rings is 1. The molecule has 7 heteroatoms. The van der Waals surface area contributed by atoms with Crippen molar-refractivity contribution < 1.29 is 13.5 Å². The Kier molecular flexibility index (Phi) is 6.26. The SMILES string of the molecule is CCC(CC)C(O)CNS(=O)(=O)c1cc(C)c(Cl)s1. The quantitative estimate of drug-likeness (QED) is 0.810. The summed E-state index contributed by atoms with van der Waals surface area (Å²) in [6.45, 7) is 5.75. The Morgan fingerprint density at radius 2 is 2.00 bits per heavy atom. The van der Waals surface area contributed by atoms with Gasteiger partial charge in [-0.25, -0.2) is 13.1 Å². The van der Waals surface area contributed by atoms with Crippen LogP contribution in [-0.4, -0.2) is 26.2 Å². The van der Waals surface area contributed by atoms with Crippen LogP contribution >= 0.6 is 22.9 Å². The van der Waals surface area contributed by atoms with Gasteiger partial charge in [0.1, 0.15) is 4.21 Å². The third kappa shape index (κ3) is 4.43. The van der Waals surface area contributed by atoms with Crippen LogP contribution in [-0.2, 0) is 10.0 Å². The van der Waals surface area contributed by atoms with E-state index in [2.05, 4.69) is 4.72 Å². The Hall–Kier alpha value is -0.140. The molecule has 1 heterocycles. The van der Waals surface area contributed by atoms with Gasteiger partial charge in [0.25, 0.3) is 0 Å². The molecule has 0 aliphatic heterocycles. The lowest BCUT2D eigenvalue weighted by atomic mass is 9.97. The molecule has 1 atom stereocenters. The van der Waals surface area contributed by atoms with Crippen molar-refractivity contribution in [3.8, 4) is 0 Å². The Balaban J connectivity index is 2.71. The molecule has 110 valence electrons. The first-order valence-electron chi connectivity index (χ1n) is 6.25. The smallest absolute Gasteiger partial charge is 0.250 e. The van der Waals surface area contributed by atoms with Gasteiger partial charge in [0, 0.05) is 6.54 Å². The van der Waals surface area contributed by atoms with Crippen LogP contribution in [0.1, 0.15) is 32.3 Å². The Labute approximate surface area is 123 Å². The van der Waals surface area contributed by atoms with Crippen LogP contribution in [0.5, 0.6) is 0 Å². The molecule has 0 spiro atoms. The molecular weight excluding hydrogens is 306 g/mol. The van der Waals surface area contributed by atoms with Gasteiger partial charge < -0.3 is 5.11 Å². The third-order valence-electron chi connectivity index (χ3n) is 3.17. The summed E-state index contributed by atoms with van der Waals surface area (Å²) in [6.07, 6.45) is 0.980. The molecule has 0 amide bonds. The topological polar surface area (TPSA) is 66.4 Å². The van der Waals surface area contributed by atoms with Crippen molar-refractivity contribution in [2.45, 2.75) is 43.9 Å². The average molecular weight is 326 g/mol. The van der Waals surface area contributed by atoms with Crippen molar-refractivity contribution in [1.29, 1.82) is 0 Å². The summed E-state index contributed by atoms with van der Waals surface area (Å²) in [5.74, 6) is 0.108. The summed E-state index contributed by atoms with van der Waals surface area (Å²) in [6, 6.07) is 1.54. The van der Waals surface area contributed by atoms with Crippen LogP contribution in [0.3, 0.4) is 0 Å². The highest BCUT2D eigenvalue weighted by molar-refractivity contribution is 7.91. The van der Waals surface area contributed by atoms with Gasteiger partial charge in [-0.1, -0.05) is 38.3 Å². The van der Waals surface area contributed by atoms with E-state index in [1.807, 2.05) is 13.8 Å². The summed E-state index contributed by atoms with van der Waals surface area (Å²) < 4.78 is 27.2. The molecule has 0 aliphatic carbocycles. The molecular formula is C12H20ClNO3S2. The summed E-state index contributed by atoms with van der Waals surface area (Å²) in [7, 11) is -3.58. The minimum Gasteiger partial charge on any atom is -0.391 e. The summed E-state index contributed by atoms with van der Waals surface area (Å²) in [4.78, 5) is 0. The predicted octanol–water partition coefficient (Wildman–Crippen LogP) is 2.79. The number of nitrogens with one attached hydrogen (secondary N) is 1. The van der Waals surface area contributed by atoms with Gasteiger partial charge in [0.2, 0.25) is 10.0 Å². The van der Waals surface area contributed by atoms with Gasteiger partial charge in [0.05, 0.1) is 10.4 Å². The lowest BCUT2D eigenvalue weighted by molar-refractivity contribution is 0.107. The second-order valence-electron chi connectivity index (χ2n) is 4.52. The highest BCUT2D eigenvalue weighted by atomic mass is 35.5. The Morgan fingerprint density at radius 1 is 1.42 bits per heavy atom. The maximum absolute atomic E-state index is 12.0. The van der Waals surface area contributed by atoms with Crippen molar-refractivity contribution in [3.63, 3.8) is 0 Å². The molecule has 1 unspecified atom stereocenters. The van der Waals surface area contributed by atoms with Gasteiger partial charge in [-0.05, 0) is 24.5 Å². The molecule has 0 aliphatic rings. The highest BCUT2D eigenvalue weighted by Gasteiger charge is 2.22. The van der Waals surface area contributed by atoms with E-state index >= 15 is 0 Å². The van der Waals surface area contributed by atoms with Crippen LogP contribution in [0.15, 0.2) is 10.3 Å². The zero-order valence-electron chi connectivity index (χ0n) is 11.3. The molecule has 19 heavy (non-hydrogen) atoms. The lowest BCUT2D eigenvalue weighted by Crippen LogP contribution is -2.35. The number of halogens is 1. The fraction of sp³-hybridized carbons (Fsp3) is 0.667. The van der Waals surface area contributed by atoms with Crippen LogP contribution in [0, 0.1) is 12.8 Å². The molecule has 1 aromatic rings. The van der Waals surface area contributed by atoms with Gasteiger partial charge in [0.15, 0.2) is 0 Å². The highest BCUT2D eigenvalue weighted by Crippen LogP contribution is 2.29. The number of aliphatic hydroxyl groups excluding tert-OH is 1. The summed E-state index contributed by atoms with van der Waals surface area (Å²) in [5.41, 5.74) is 0.743. The monoisotopic (exact) mass is 325 g/mol. The van der Waals surface area contributed by atoms with Crippen LogP contribution in [0.2, 0.25) is 4.34 Å². The number of sulfonamides is 1. The minimum absolute atomic E-state index is 0.0310. The van der Waals surface area contributed by atoms with Crippen molar-refractivity contribution in [3.05, 3.63) is 16.0 Å². The number of rotatable bonds is 7. The van der Waals surface area contributed by atoms with Gasteiger partial charge in [-0.3, -0.25) is 0 Å². The zero-order valence-corrected chi connectivity index (χ0v) is 13.7. The van der Waals surface area contributed by atoms with E-state index in [1.165, 1.54) is 0 Å². The van der Waals surface area contributed by atoms with Gasteiger partial charge in [-0.2, -0.15) is 0 Å². The molecule has 0 fully saturated rings. The number of hydrogen-bond donors (Lipinski definition) is 2. The first-order valence-corrected chi connectivity index (χ1v) is 8.93. The van der Waals surface area contributed by atoms with E-state index in [4.69, 9.17) is 11.6 Å². The zero-order chi connectivity index (χ0) is 14.6. The fourth-order valence-corrected chi connectivity index (χ4v) is 4.63. The molecule has 0 aromatic carbocycles. The van der Waals surface area contributed by atoms with E-state index in [-0.39, 0.29) is 16.7 Å². The normalized spacial score (nSPS) is 14.0. The van der Waals surface area contributed by atoms with Gasteiger partial charge in [-0.15, -0.1) is 11.3 Å². The van der Waals surface area contributed by atoms with Gasteiger partial charge >= 0.3 is 0 Å². The second-order valence-corrected chi connectivity index (χ2v) is 8.17. The van der Waals surface area contributed by atoms with Crippen molar-refractivity contribution in [2.75, 3.05) is 6.54 Å². The van der Waals surface area contributed by atoms with Crippen molar-refractivity contribution >= 4 is 33.0 Å².